The average molecular weight is 528 g/mol. The molecule has 1 N–H and O–H groups in total. The maximum atomic E-state index is 5.48. The highest BCUT2D eigenvalue weighted by atomic mass is 127. The Kier molecular flexibility index (Phi) is 8.81. The van der Waals surface area contributed by atoms with Crippen LogP contribution in [0.5, 0.6) is 11.5 Å². The molecule has 0 bridgehead atoms. The Balaban J connectivity index is 0.00000320. The average Bonchev–Trinajstić information content (AvgIpc) is 3.07. The third kappa shape index (κ3) is 5.19. The summed E-state index contributed by atoms with van der Waals surface area (Å²) in [6.45, 7) is 11.4. The highest BCUT2D eigenvalue weighted by Gasteiger charge is 2.22. The smallest absolute Gasteiger partial charge is 0.194 e. The fraction of sp³-hybridized carbons (Fsp3) is 0.545. The fourth-order valence-electron chi connectivity index (χ4n) is 4.00. The van der Waals surface area contributed by atoms with E-state index in [-0.39, 0.29) is 29.9 Å². The Morgan fingerprint density at radius 3 is 2.47 bits per heavy atom. The van der Waals surface area contributed by atoms with E-state index in [2.05, 4.69) is 41.4 Å². The molecule has 1 atom stereocenters. The van der Waals surface area contributed by atoms with Gasteiger partial charge in [-0.25, -0.2) is 0 Å². The second-order valence-corrected chi connectivity index (χ2v) is 7.48. The van der Waals surface area contributed by atoms with Crippen molar-refractivity contribution in [3.63, 3.8) is 0 Å². The van der Waals surface area contributed by atoms with E-state index in [0.29, 0.717) is 6.54 Å². The summed E-state index contributed by atoms with van der Waals surface area (Å²) in [6.07, 6.45) is 0.944. The Labute approximate surface area is 196 Å². The molecule has 1 aromatic heterocycles. The van der Waals surface area contributed by atoms with Crippen LogP contribution in [-0.2, 0) is 13.0 Å². The molecule has 0 spiro atoms. The number of aromatic nitrogens is 1. The number of aryl methyl sites for hydroxylation is 2. The second kappa shape index (κ2) is 10.9. The molecule has 2 aromatic rings. The third-order valence-electron chi connectivity index (χ3n) is 5.45. The van der Waals surface area contributed by atoms with Crippen molar-refractivity contribution in [1.82, 2.24) is 15.4 Å². The zero-order valence-corrected chi connectivity index (χ0v) is 21.1. The quantitative estimate of drug-likeness (QED) is 0.347. The van der Waals surface area contributed by atoms with Gasteiger partial charge in [-0.3, -0.25) is 4.99 Å². The van der Waals surface area contributed by atoms with Crippen molar-refractivity contribution >= 4 is 29.9 Å². The van der Waals surface area contributed by atoms with E-state index in [0.717, 1.165) is 60.5 Å². The first-order chi connectivity index (χ1) is 14.0. The topological polar surface area (TPSA) is 72.1 Å². The minimum absolute atomic E-state index is 0. The molecule has 0 saturated heterocycles. The lowest BCUT2D eigenvalue weighted by Crippen LogP contribution is -2.44. The van der Waals surface area contributed by atoms with Crippen LogP contribution in [0.3, 0.4) is 0 Å². The first-order valence-electron chi connectivity index (χ1n) is 10.2. The van der Waals surface area contributed by atoms with Crippen molar-refractivity contribution in [2.45, 2.75) is 46.6 Å². The van der Waals surface area contributed by atoms with Crippen molar-refractivity contribution in [3.05, 3.63) is 40.3 Å². The van der Waals surface area contributed by atoms with Gasteiger partial charge in [0.15, 0.2) is 17.5 Å². The van der Waals surface area contributed by atoms with Crippen molar-refractivity contribution in [1.29, 1.82) is 0 Å². The number of benzene rings is 1. The lowest BCUT2D eigenvalue weighted by atomic mass is 9.99. The number of nitrogens with one attached hydrogen (secondary N) is 1. The van der Waals surface area contributed by atoms with Gasteiger partial charge in [-0.05, 0) is 50.5 Å². The Morgan fingerprint density at radius 1 is 1.23 bits per heavy atom. The van der Waals surface area contributed by atoms with Gasteiger partial charge >= 0.3 is 0 Å². The van der Waals surface area contributed by atoms with Crippen LogP contribution in [0.25, 0.3) is 0 Å². The van der Waals surface area contributed by atoms with Crippen molar-refractivity contribution < 1.29 is 14.0 Å². The lowest BCUT2D eigenvalue weighted by Gasteiger charge is -2.32. The molecular weight excluding hydrogens is 495 g/mol. The summed E-state index contributed by atoms with van der Waals surface area (Å²) in [5, 5.41) is 7.52. The SMILES string of the molecule is CCNC(=NCC(C)c1c(C)noc1C)N1CCc2cc(OC)c(OC)cc2C1.I. The van der Waals surface area contributed by atoms with Gasteiger partial charge in [-0.2, -0.15) is 0 Å². The first kappa shape index (κ1) is 24.3. The Bertz CT molecular complexity index is 862. The molecule has 2 heterocycles. The third-order valence-corrected chi connectivity index (χ3v) is 5.45. The molecule has 0 amide bonds. The maximum absolute atomic E-state index is 5.48. The number of fused-ring (bicyclic) bond motifs is 1. The van der Waals surface area contributed by atoms with E-state index in [1.54, 1.807) is 14.2 Å². The molecule has 166 valence electrons. The maximum Gasteiger partial charge on any atom is 0.194 e. The molecule has 1 aliphatic rings. The van der Waals surface area contributed by atoms with Crippen LogP contribution in [0, 0.1) is 13.8 Å². The van der Waals surface area contributed by atoms with Gasteiger partial charge in [0.1, 0.15) is 5.76 Å². The Hall–Kier alpha value is -1.97. The molecule has 1 aliphatic heterocycles. The number of methoxy groups -OCH3 is 2. The molecule has 8 heteroatoms. The first-order valence-corrected chi connectivity index (χ1v) is 10.2. The summed E-state index contributed by atoms with van der Waals surface area (Å²) < 4.78 is 16.3. The van der Waals surface area contributed by atoms with Gasteiger partial charge in [0.2, 0.25) is 0 Å². The van der Waals surface area contributed by atoms with Gasteiger partial charge in [-0.15, -0.1) is 24.0 Å². The summed E-state index contributed by atoms with van der Waals surface area (Å²) in [5.74, 6) is 3.61. The minimum atomic E-state index is 0. The molecule has 0 radical (unpaired) electrons. The van der Waals surface area contributed by atoms with E-state index in [9.17, 15) is 0 Å². The molecule has 7 nitrogen and oxygen atoms in total. The van der Waals surface area contributed by atoms with Crippen LogP contribution in [0.4, 0.5) is 0 Å². The van der Waals surface area contributed by atoms with E-state index in [4.69, 9.17) is 19.0 Å². The van der Waals surface area contributed by atoms with Crippen molar-refractivity contribution in [2.24, 2.45) is 4.99 Å². The number of hydrogen-bond acceptors (Lipinski definition) is 5. The van der Waals surface area contributed by atoms with Crippen LogP contribution in [-0.4, -0.2) is 49.9 Å². The van der Waals surface area contributed by atoms with Gasteiger partial charge < -0.3 is 24.2 Å². The minimum Gasteiger partial charge on any atom is -0.493 e. The molecule has 1 unspecified atom stereocenters. The summed E-state index contributed by atoms with van der Waals surface area (Å²) >= 11 is 0. The molecule has 0 saturated carbocycles. The summed E-state index contributed by atoms with van der Waals surface area (Å²) in [7, 11) is 3.35. The number of guanidine groups is 1. The molecule has 3 rings (SSSR count). The lowest BCUT2D eigenvalue weighted by molar-refractivity contribution is 0.346. The highest BCUT2D eigenvalue weighted by molar-refractivity contribution is 14.0. The van der Waals surface area contributed by atoms with E-state index >= 15 is 0 Å². The predicted octanol–water partition coefficient (Wildman–Crippen LogP) is 4.05. The number of hydrogen-bond donors (Lipinski definition) is 1. The molecule has 0 aliphatic carbocycles. The van der Waals surface area contributed by atoms with E-state index < -0.39 is 0 Å². The summed E-state index contributed by atoms with van der Waals surface area (Å²) in [6, 6.07) is 4.17. The van der Waals surface area contributed by atoms with Gasteiger partial charge in [-0.1, -0.05) is 12.1 Å². The van der Waals surface area contributed by atoms with Gasteiger partial charge in [0, 0.05) is 37.7 Å². The summed E-state index contributed by atoms with van der Waals surface area (Å²) in [5.41, 5.74) is 4.66. The standard InChI is InChI=1S/C22H32N4O3.HI/c1-7-23-22(24-12-14(2)21-15(3)25-29-16(21)4)26-9-8-17-10-19(27-5)20(28-6)11-18(17)13-26;/h10-11,14H,7-9,12-13H2,1-6H3,(H,23,24);1H. The van der Waals surface area contributed by atoms with Crippen LogP contribution < -0.4 is 14.8 Å². The van der Waals surface area contributed by atoms with E-state index in [1.807, 2.05) is 13.8 Å². The van der Waals surface area contributed by atoms with Gasteiger partial charge in [0.25, 0.3) is 0 Å². The normalized spacial score (nSPS) is 14.6. The number of ether oxygens (including phenoxy) is 2. The van der Waals surface area contributed by atoms with Crippen LogP contribution in [0.1, 0.15) is 47.9 Å². The van der Waals surface area contributed by atoms with Crippen LogP contribution in [0.15, 0.2) is 21.6 Å². The number of halogens is 1. The molecular formula is C22H33IN4O3. The monoisotopic (exact) mass is 528 g/mol. The fourth-order valence-corrected chi connectivity index (χ4v) is 4.00. The van der Waals surface area contributed by atoms with Gasteiger partial charge in [0.05, 0.1) is 19.9 Å². The highest BCUT2D eigenvalue weighted by Crippen LogP contribution is 2.33. The molecule has 30 heavy (non-hydrogen) atoms. The zero-order valence-electron chi connectivity index (χ0n) is 18.7. The zero-order chi connectivity index (χ0) is 21.0. The Morgan fingerprint density at radius 2 is 1.90 bits per heavy atom. The van der Waals surface area contributed by atoms with Crippen LogP contribution in [0.2, 0.25) is 0 Å². The summed E-state index contributed by atoms with van der Waals surface area (Å²) in [4.78, 5) is 7.23. The number of nitrogens with zero attached hydrogens (tertiary/aromatic N) is 3. The largest absolute Gasteiger partial charge is 0.493 e. The van der Waals surface area contributed by atoms with Crippen LogP contribution >= 0.6 is 24.0 Å². The van der Waals surface area contributed by atoms with Crippen molar-refractivity contribution in [2.75, 3.05) is 33.9 Å². The van der Waals surface area contributed by atoms with Crippen molar-refractivity contribution in [3.8, 4) is 11.5 Å². The molecule has 0 fully saturated rings. The number of rotatable bonds is 6. The predicted molar refractivity (Wildman–Crippen MR) is 129 cm³/mol. The van der Waals surface area contributed by atoms with E-state index in [1.165, 1.54) is 11.1 Å². The molecule has 1 aromatic carbocycles. The second-order valence-electron chi connectivity index (χ2n) is 7.48. The number of aliphatic imine (C=N–C) groups is 1.